The first-order valence-corrected chi connectivity index (χ1v) is 6.59. The van der Waals surface area contributed by atoms with Crippen LogP contribution in [0.25, 0.3) is 0 Å². The maximum absolute atomic E-state index is 12.4. The van der Waals surface area contributed by atoms with Crippen LogP contribution in [0.2, 0.25) is 0 Å². The summed E-state index contributed by atoms with van der Waals surface area (Å²) in [6.07, 6.45) is 5.22. The van der Waals surface area contributed by atoms with Crippen LogP contribution >= 0.6 is 0 Å². The number of nitrogens with zero attached hydrogens (tertiary/aromatic N) is 1. The molecule has 16 heavy (non-hydrogen) atoms. The molecule has 1 aliphatic rings. The second-order valence-corrected chi connectivity index (χ2v) is 6.13. The Morgan fingerprint density at radius 3 is 2.19 bits per heavy atom. The lowest BCUT2D eigenvalue weighted by Gasteiger charge is -2.43. The fourth-order valence-electron chi connectivity index (χ4n) is 2.78. The van der Waals surface area contributed by atoms with Crippen molar-refractivity contribution < 1.29 is 4.79 Å². The molecule has 0 aliphatic heterocycles. The maximum Gasteiger partial charge on any atom is 0.153 e. The molecule has 0 aromatic heterocycles. The third-order valence-corrected chi connectivity index (χ3v) is 4.07. The summed E-state index contributed by atoms with van der Waals surface area (Å²) in [4.78, 5) is 14.6. The Kier molecular flexibility index (Phi) is 4.54. The minimum absolute atomic E-state index is 0.156. The summed E-state index contributed by atoms with van der Waals surface area (Å²) in [7, 11) is 4.13. The number of ketones is 1. The third-order valence-electron chi connectivity index (χ3n) is 4.07. The first-order chi connectivity index (χ1) is 7.38. The summed E-state index contributed by atoms with van der Waals surface area (Å²) in [5.74, 6) is 1.73. The van der Waals surface area contributed by atoms with Crippen LogP contribution in [0.4, 0.5) is 0 Å². The molecule has 1 aliphatic carbocycles. The van der Waals surface area contributed by atoms with Crippen molar-refractivity contribution in [3.05, 3.63) is 0 Å². The molecule has 0 heterocycles. The molecule has 0 unspecified atom stereocenters. The predicted molar refractivity (Wildman–Crippen MR) is 68.5 cm³/mol. The Bertz CT molecular complexity index is 237. The molecular formula is C14H27NO. The molecule has 0 atom stereocenters. The van der Waals surface area contributed by atoms with Crippen LogP contribution < -0.4 is 0 Å². The average molecular weight is 225 g/mol. The van der Waals surface area contributed by atoms with Gasteiger partial charge in [-0.3, -0.25) is 9.69 Å². The standard InChI is InChI=1S/C14H27NO/c1-11(2)10-13(16)14(15(4)5)8-6-12(3)7-9-14/h11-12H,6-10H2,1-5H3. The zero-order valence-electron chi connectivity index (χ0n) is 11.5. The molecule has 1 saturated carbocycles. The summed E-state index contributed by atoms with van der Waals surface area (Å²) in [6.45, 7) is 6.56. The molecule has 1 rings (SSSR count). The van der Waals surface area contributed by atoms with Gasteiger partial charge in [-0.05, 0) is 51.6 Å². The maximum atomic E-state index is 12.4. The van der Waals surface area contributed by atoms with Crippen LogP contribution in [0.5, 0.6) is 0 Å². The van der Waals surface area contributed by atoms with Crippen LogP contribution in [-0.4, -0.2) is 30.3 Å². The molecule has 0 N–H and O–H groups in total. The highest BCUT2D eigenvalue weighted by molar-refractivity contribution is 5.88. The second kappa shape index (κ2) is 5.31. The number of carbonyl (C=O) groups is 1. The summed E-state index contributed by atoms with van der Waals surface area (Å²) in [6, 6.07) is 0. The summed E-state index contributed by atoms with van der Waals surface area (Å²) >= 11 is 0. The van der Waals surface area contributed by atoms with Gasteiger partial charge in [0.25, 0.3) is 0 Å². The molecular weight excluding hydrogens is 198 g/mol. The van der Waals surface area contributed by atoms with Crippen molar-refractivity contribution in [3.8, 4) is 0 Å². The lowest BCUT2D eigenvalue weighted by molar-refractivity contribution is -0.133. The lowest BCUT2D eigenvalue weighted by atomic mass is 9.72. The van der Waals surface area contributed by atoms with Gasteiger partial charge in [-0.15, -0.1) is 0 Å². The van der Waals surface area contributed by atoms with E-state index in [1.165, 1.54) is 12.8 Å². The first-order valence-electron chi connectivity index (χ1n) is 6.59. The van der Waals surface area contributed by atoms with E-state index in [2.05, 4.69) is 39.8 Å². The highest BCUT2D eigenvalue weighted by Crippen LogP contribution is 2.37. The van der Waals surface area contributed by atoms with E-state index in [0.29, 0.717) is 11.7 Å². The molecule has 0 spiro atoms. The predicted octanol–water partition coefficient (Wildman–Crippen LogP) is 3.11. The van der Waals surface area contributed by atoms with Crippen molar-refractivity contribution in [1.29, 1.82) is 0 Å². The van der Waals surface area contributed by atoms with E-state index in [1.807, 2.05) is 0 Å². The minimum atomic E-state index is -0.156. The van der Waals surface area contributed by atoms with Gasteiger partial charge < -0.3 is 0 Å². The van der Waals surface area contributed by atoms with E-state index in [1.54, 1.807) is 0 Å². The number of hydrogen-bond donors (Lipinski definition) is 0. The van der Waals surface area contributed by atoms with Gasteiger partial charge in [0.2, 0.25) is 0 Å². The number of likely N-dealkylation sites (N-methyl/N-ethyl adjacent to an activating group) is 1. The monoisotopic (exact) mass is 225 g/mol. The Hall–Kier alpha value is -0.370. The van der Waals surface area contributed by atoms with E-state index >= 15 is 0 Å². The number of hydrogen-bond acceptors (Lipinski definition) is 2. The summed E-state index contributed by atoms with van der Waals surface area (Å²) < 4.78 is 0. The van der Waals surface area contributed by atoms with Crippen LogP contribution in [0.3, 0.4) is 0 Å². The normalized spacial score (nSPS) is 31.1. The van der Waals surface area contributed by atoms with Gasteiger partial charge in [-0.25, -0.2) is 0 Å². The van der Waals surface area contributed by atoms with Crippen molar-refractivity contribution in [2.45, 2.75) is 58.4 Å². The highest BCUT2D eigenvalue weighted by Gasteiger charge is 2.42. The lowest BCUT2D eigenvalue weighted by Crippen LogP contribution is -2.53. The van der Waals surface area contributed by atoms with E-state index in [9.17, 15) is 4.79 Å². The molecule has 0 aromatic carbocycles. The van der Waals surface area contributed by atoms with E-state index in [0.717, 1.165) is 25.2 Å². The summed E-state index contributed by atoms with van der Waals surface area (Å²) in [5, 5.41) is 0. The van der Waals surface area contributed by atoms with Gasteiger partial charge >= 0.3 is 0 Å². The quantitative estimate of drug-likeness (QED) is 0.732. The minimum Gasteiger partial charge on any atom is -0.298 e. The second-order valence-electron chi connectivity index (χ2n) is 6.13. The largest absolute Gasteiger partial charge is 0.298 e. The van der Waals surface area contributed by atoms with Gasteiger partial charge in [0.1, 0.15) is 0 Å². The average Bonchev–Trinajstić information content (AvgIpc) is 2.17. The molecule has 0 bridgehead atoms. The van der Waals surface area contributed by atoms with Gasteiger partial charge in [0, 0.05) is 6.42 Å². The molecule has 0 radical (unpaired) electrons. The fourth-order valence-corrected chi connectivity index (χ4v) is 2.78. The number of Topliss-reactive ketones (excluding diaryl/α,β-unsaturated/α-hetero) is 1. The van der Waals surface area contributed by atoms with Gasteiger partial charge in [0.15, 0.2) is 5.78 Å². The van der Waals surface area contributed by atoms with E-state index in [-0.39, 0.29) is 5.54 Å². The Balaban J connectivity index is 2.77. The Labute approximate surface area is 100 Å². The van der Waals surface area contributed by atoms with Gasteiger partial charge in [0.05, 0.1) is 5.54 Å². The van der Waals surface area contributed by atoms with Crippen molar-refractivity contribution in [3.63, 3.8) is 0 Å². The molecule has 94 valence electrons. The van der Waals surface area contributed by atoms with Crippen LogP contribution in [0.15, 0.2) is 0 Å². The van der Waals surface area contributed by atoms with Gasteiger partial charge in [-0.2, -0.15) is 0 Å². The molecule has 0 aromatic rings. The fraction of sp³-hybridized carbons (Fsp3) is 0.929. The Morgan fingerprint density at radius 1 is 1.31 bits per heavy atom. The van der Waals surface area contributed by atoms with Crippen LogP contribution in [-0.2, 0) is 4.79 Å². The van der Waals surface area contributed by atoms with Crippen molar-refractivity contribution >= 4 is 5.78 Å². The zero-order valence-corrected chi connectivity index (χ0v) is 11.5. The molecule has 1 fully saturated rings. The highest BCUT2D eigenvalue weighted by atomic mass is 16.1. The van der Waals surface area contributed by atoms with E-state index < -0.39 is 0 Å². The molecule has 0 amide bonds. The van der Waals surface area contributed by atoms with Crippen molar-refractivity contribution in [1.82, 2.24) is 4.90 Å². The molecule has 2 heteroatoms. The van der Waals surface area contributed by atoms with Crippen molar-refractivity contribution in [2.24, 2.45) is 11.8 Å². The summed E-state index contributed by atoms with van der Waals surface area (Å²) in [5.41, 5.74) is -0.156. The van der Waals surface area contributed by atoms with Gasteiger partial charge in [-0.1, -0.05) is 20.8 Å². The van der Waals surface area contributed by atoms with Crippen LogP contribution in [0, 0.1) is 11.8 Å². The number of carbonyl (C=O) groups excluding carboxylic acids is 1. The van der Waals surface area contributed by atoms with Crippen LogP contribution in [0.1, 0.15) is 52.9 Å². The SMILES string of the molecule is CC(C)CC(=O)C1(N(C)C)CCC(C)CC1. The zero-order chi connectivity index (χ0) is 12.3. The Morgan fingerprint density at radius 2 is 1.81 bits per heavy atom. The molecule has 0 saturated heterocycles. The number of rotatable bonds is 4. The first kappa shape index (κ1) is 13.7. The smallest absolute Gasteiger partial charge is 0.153 e. The molecule has 2 nitrogen and oxygen atoms in total. The van der Waals surface area contributed by atoms with Crippen molar-refractivity contribution in [2.75, 3.05) is 14.1 Å². The third kappa shape index (κ3) is 2.85. The van der Waals surface area contributed by atoms with E-state index in [4.69, 9.17) is 0 Å². The topological polar surface area (TPSA) is 20.3 Å².